The highest BCUT2D eigenvalue weighted by atomic mass is 32.2. The molecule has 8 heteroatoms. The van der Waals surface area contributed by atoms with Crippen LogP contribution in [0.1, 0.15) is 25.8 Å². The van der Waals surface area contributed by atoms with Crippen molar-refractivity contribution in [2.24, 2.45) is 0 Å². The summed E-state index contributed by atoms with van der Waals surface area (Å²) in [5.41, 5.74) is 2.06. The van der Waals surface area contributed by atoms with Gasteiger partial charge in [0.1, 0.15) is 0 Å². The predicted octanol–water partition coefficient (Wildman–Crippen LogP) is 3.37. The van der Waals surface area contributed by atoms with E-state index in [9.17, 15) is 18.0 Å². The Bertz CT molecular complexity index is 1240. The molecule has 0 saturated heterocycles. The third-order valence-electron chi connectivity index (χ3n) is 5.27. The first-order valence-electron chi connectivity index (χ1n) is 10.3. The molecule has 0 spiro atoms. The van der Waals surface area contributed by atoms with Crippen molar-refractivity contribution in [1.82, 2.24) is 8.87 Å². The van der Waals surface area contributed by atoms with E-state index in [-0.39, 0.29) is 29.3 Å². The van der Waals surface area contributed by atoms with Gasteiger partial charge in [-0.25, -0.2) is 8.42 Å². The van der Waals surface area contributed by atoms with Crippen molar-refractivity contribution in [3.63, 3.8) is 0 Å². The monoisotopic (exact) mass is 441 g/mol. The van der Waals surface area contributed by atoms with Crippen LogP contribution >= 0.6 is 0 Å². The number of pyridine rings is 1. The zero-order valence-electron chi connectivity index (χ0n) is 18.0. The first kappa shape index (κ1) is 22.7. The van der Waals surface area contributed by atoms with Crippen molar-refractivity contribution < 1.29 is 13.2 Å². The van der Waals surface area contributed by atoms with Gasteiger partial charge in [0.05, 0.1) is 10.4 Å². The van der Waals surface area contributed by atoms with Gasteiger partial charge in [-0.2, -0.15) is 4.31 Å². The molecule has 31 heavy (non-hydrogen) atoms. The minimum absolute atomic E-state index is 0.118. The van der Waals surface area contributed by atoms with Gasteiger partial charge in [0, 0.05) is 43.2 Å². The fraction of sp³-hybridized carbons (Fsp3) is 0.304. The fourth-order valence-electron chi connectivity index (χ4n) is 3.59. The van der Waals surface area contributed by atoms with Crippen molar-refractivity contribution in [2.45, 2.75) is 38.6 Å². The van der Waals surface area contributed by atoms with E-state index in [1.54, 1.807) is 36.6 Å². The summed E-state index contributed by atoms with van der Waals surface area (Å²) in [6, 6.07) is 15.3. The van der Waals surface area contributed by atoms with Gasteiger partial charge in [-0.3, -0.25) is 9.59 Å². The van der Waals surface area contributed by atoms with E-state index < -0.39 is 10.0 Å². The second-order valence-electron chi connectivity index (χ2n) is 7.25. The first-order valence-corrected chi connectivity index (χ1v) is 11.7. The van der Waals surface area contributed by atoms with Gasteiger partial charge in [0.15, 0.2) is 0 Å². The van der Waals surface area contributed by atoms with E-state index in [0.717, 1.165) is 16.5 Å². The highest BCUT2D eigenvalue weighted by Crippen LogP contribution is 2.19. The lowest BCUT2D eigenvalue weighted by atomic mass is 10.1. The Morgan fingerprint density at radius 3 is 2.32 bits per heavy atom. The molecule has 1 N–H and O–H groups in total. The van der Waals surface area contributed by atoms with Gasteiger partial charge in [-0.1, -0.05) is 32.0 Å². The van der Waals surface area contributed by atoms with Crippen LogP contribution in [0.25, 0.3) is 10.9 Å². The summed E-state index contributed by atoms with van der Waals surface area (Å²) in [4.78, 5) is 25.0. The predicted molar refractivity (Wildman–Crippen MR) is 123 cm³/mol. The molecule has 7 nitrogen and oxygen atoms in total. The number of para-hydroxylation sites is 1. The molecule has 1 aromatic heterocycles. The number of nitrogens with zero attached hydrogens (tertiary/aromatic N) is 2. The van der Waals surface area contributed by atoms with Crippen molar-refractivity contribution in [2.75, 3.05) is 18.4 Å². The second-order valence-corrected chi connectivity index (χ2v) is 9.18. The number of amides is 1. The number of anilines is 1. The molecule has 0 radical (unpaired) electrons. The largest absolute Gasteiger partial charge is 0.326 e. The van der Waals surface area contributed by atoms with Crippen LogP contribution in [0.3, 0.4) is 0 Å². The molecule has 1 heterocycles. The SMILES string of the molecule is CCN(CC)S(=O)(=O)c1ccc(NC(=O)CCn2c(=O)cc(C)c3ccccc32)cc1. The molecule has 0 unspecified atom stereocenters. The van der Waals surface area contributed by atoms with E-state index in [4.69, 9.17) is 0 Å². The summed E-state index contributed by atoms with van der Waals surface area (Å²) in [5.74, 6) is -0.254. The molecule has 1 amide bonds. The lowest BCUT2D eigenvalue weighted by Crippen LogP contribution is -2.30. The van der Waals surface area contributed by atoms with Crippen LogP contribution in [0, 0.1) is 6.92 Å². The molecular weight excluding hydrogens is 414 g/mol. The summed E-state index contributed by atoms with van der Waals surface area (Å²) in [7, 11) is -3.54. The van der Waals surface area contributed by atoms with E-state index in [2.05, 4.69) is 5.32 Å². The van der Waals surface area contributed by atoms with Crippen LogP contribution in [0.4, 0.5) is 5.69 Å². The molecule has 0 atom stereocenters. The maximum absolute atomic E-state index is 12.6. The Balaban J connectivity index is 1.70. The number of aromatic nitrogens is 1. The number of carbonyl (C=O) groups excluding carboxylic acids is 1. The number of hydrogen-bond acceptors (Lipinski definition) is 4. The zero-order chi connectivity index (χ0) is 22.6. The molecule has 0 saturated carbocycles. The average molecular weight is 442 g/mol. The molecule has 0 aliphatic rings. The molecule has 0 bridgehead atoms. The lowest BCUT2D eigenvalue weighted by Gasteiger charge is -2.18. The normalized spacial score (nSPS) is 11.7. The summed E-state index contributed by atoms with van der Waals surface area (Å²) in [6.45, 7) is 6.51. The average Bonchev–Trinajstić information content (AvgIpc) is 2.74. The molecule has 164 valence electrons. The quantitative estimate of drug-likeness (QED) is 0.581. The van der Waals surface area contributed by atoms with E-state index in [1.807, 2.05) is 31.2 Å². The Morgan fingerprint density at radius 2 is 1.68 bits per heavy atom. The lowest BCUT2D eigenvalue weighted by molar-refractivity contribution is -0.116. The van der Waals surface area contributed by atoms with Crippen LogP contribution in [0.15, 0.2) is 64.3 Å². The van der Waals surface area contributed by atoms with Crippen molar-refractivity contribution >= 4 is 32.5 Å². The number of hydrogen-bond donors (Lipinski definition) is 1. The molecular formula is C23H27N3O4S. The summed E-state index contributed by atoms with van der Waals surface area (Å²) in [6.07, 6.45) is 0.118. The number of carbonyl (C=O) groups is 1. The number of rotatable bonds is 8. The minimum atomic E-state index is -3.54. The van der Waals surface area contributed by atoms with Gasteiger partial charge in [0.25, 0.3) is 5.56 Å². The maximum Gasteiger partial charge on any atom is 0.251 e. The van der Waals surface area contributed by atoms with E-state index in [0.29, 0.717) is 18.8 Å². The Labute approximate surface area is 182 Å². The van der Waals surface area contributed by atoms with Crippen LogP contribution in [-0.4, -0.2) is 36.3 Å². The second kappa shape index (κ2) is 9.45. The molecule has 0 aliphatic heterocycles. The molecule has 0 fully saturated rings. The van der Waals surface area contributed by atoms with Crippen LogP contribution in [0.2, 0.25) is 0 Å². The van der Waals surface area contributed by atoms with E-state index in [1.165, 1.54) is 16.4 Å². The topological polar surface area (TPSA) is 88.5 Å². The third kappa shape index (κ3) is 4.86. The molecule has 0 aliphatic carbocycles. The summed E-state index contributed by atoms with van der Waals surface area (Å²) in [5, 5.41) is 3.74. The van der Waals surface area contributed by atoms with Crippen molar-refractivity contribution in [1.29, 1.82) is 0 Å². The standard InChI is InChI=1S/C23H27N3O4S/c1-4-25(5-2)31(29,30)19-12-10-18(11-13-19)24-22(27)14-15-26-21-9-7-6-8-20(21)17(3)16-23(26)28/h6-13,16H,4-5,14-15H2,1-3H3,(H,24,27). The van der Waals surface area contributed by atoms with Gasteiger partial charge in [0.2, 0.25) is 15.9 Å². The highest BCUT2D eigenvalue weighted by molar-refractivity contribution is 7.89. The van der Waals surface area contributed by atoms with Gasteiger partial charge < -0.3 is 9.88 Å². The van der Waals surface area contributed by atoms with Crippen LogP contribution in [-0.2, 0) is 21.4 Å². The fourth-order valence-corrected chi connectivity index (χ4v) is 5.05. The Kier molecular flexibility index (Phi) is 6.92. The van der Waals surface area contributed by atoms with Gasteiger partial charge in [-0.15, -0.1) is 0 Å². The minimum Gasteiger partial charge on any atom is -0.326 e. The number of fused-ring (bicyclic) bond motifs is 1. The highest BCUT2D eigenvalue weighted by Gasteiger charge is 2.21. The number of sulfonamides is 1. The Morgan fingerprint density at radius 1 is 1.03 bits per heavy atom. The molecule has 3 aromatic rings. The van der Waals surface area contributed by atoms with Crippen LogP contribution in [0.5, 0.6) is 0 Å². The Hall–Kier alpha value is -2.97. The summed E-state index contributed by atoms with van der Waals surface area (Å²) >= 11 is 0. The van der Waals surface area contributed by atoms with Gasteiger partial charge >= 0.3 is 0 Å². The van der Waals surface area contributed by atoms with Gasteiger partial charge in [-0.05, 0) is 42.8 Å². The van der Waals surface area contributed by atoms with E-state index >= 15 is 0 Å². The smallest absolute Gasteiger partial charge is 0.251 e. The summed E-state index contributed by atoms with van der Waals surface area (Å²) < 4.78 is 28.1. The first-order chi connectivity index (χ1) is 14.8. The van der Waals surface area contributed by atoms with Crippen molar-refractivity contribution in [3.05, 3.63) is 70.5 Å². The third-order valence-corrected chi connectivity index (χ3v) is 7.33. The number of nitrogens with one attached hydrogen (secondary N) is 1. The molecule has 2 aromatic carbocycles. The number of aryl methyl sites for hydroxylation is 2. The molecule has 3 rings (SSSR count). The number of benzene rings is 2. The van der Waals surface area contributed by atoms with Crippen LogP contribution < -0.4 is 10.9 Å². The zero-order valence-corrected chi connectivity index (χ0v) is 18.8. The van der Waals surface area contributed by atoms with Crippen molar-refractivity contribution in [3.8, 4) is 0 Å². The maximum atomic E-state index is 12.6.